The van der Waals surface area contributed by atoms with Crippen molar-refractivity contribution in [3.63, 3.8) is 0 Å². The highest BCUT2D eigenvalue weighted by Crippen LogP contribution is 1.95. The minimum atomic E-state index is -0.539. The van der Waals surface area contributed by atoms with Crippen LogP contribution in [0.5, 0.6) is 0 Å². The Morgan fingerprint density at radius 2 is 1.60 bits per heavy atom. The van der Waals surface area contributed by atoms with E-state index in [-0.39, 0.29) is 7.11 Å². The zero-order valence-electron chi connectivity index (χ0n) is 6.39. The Hall–Kier alpha value is -1.12. The van der Waals surface area contributed by atoms with Gasteiger partial charge in [0.25, 0.3) is 0 Å². The van der Waals surface area contributed by atoms with E-state index in [2.05, 4.69) is 0 Å². The average Bonchev–Trinajstić information content (AvgIpc) is 2.04. The fourth-order valence-corrected chi connectivity index (χ4v) is 0.523. The van der Waals surface area contributed by atoms with Gasteiger partial charge in [0.2, 0.25) is 10.9 Å². The van der Waals surface area contributed by atoms with Crippen molar-refractivity contribution in [2.75, 3.05) is 5.73 Å². The summed E-state index contributed by atoms with van der Waals surface area (Å²) in [5.74, 6) is 0. The van der Waals surface area contributed by atoms with Gasteiger partial charge in [0.15, 0.2) is 0 Å². The van der Waals surface area contributed by atoms with Gasteiger partial charge >= 0.3 is 0 Å². The minimum Gasteiger partial charge on any atom is -0.395 e. The molecule has 0 heterocycles. The molecular formula is C7H13NO2. The highest BCUT2D eigenvalue weighted by molar-refractivity contribution is 5.50. The number of nitrogen functional groups attached to an aromatic ring is 1. The maximum Gasteiger partial charge on any atom is 0.249 e. The molecule has 0 radical (unpaired) electrons. The summed E-state index contributed by atoms with van der Waals surface area (Å²) in [6.45, 7) is 5.54. The molecule has 3 heteroatoms. The molecule has 0 saturated carbocycles. The third kappa shape index (κ3) is 1.07. The Morgan fingerprint density at radius 1 is 1.20 bits per heavy atom. The molecule has 0 spiro atoms. The van der Waals surface area contributed by atoms with Crippen LogP contribution in [0.1, 0.15) is 20.8 Å². The number of nitrogens with two attached hydrogens (primary N) is 1. The van der Waals surface area contributed by atoms with Crippen molar-refractivity contribution in [3.8, 4) is 0 Å². The predicted octanol–water partition coefficient (Wildman–Crippen LogP) is 0.445. The van der Waals surface area contributed by atoms with Crippen LogP contribution >= 0.6 is 0 Å². The topological polar surface area (TPSA) is 60.2 Å². The zero-order chi connectivity index (χ0) is 8.31. The maximum atomic E-state index is 10.3. The lowest BCUT2D eigenvalue weighted by atomic mass is 10.1. The number of hydrogen-bond acceptors (Lipinski definition) is 3. The molecule has 0 amide bonds. The Morgan fingerprint density at radius 3 is 1.70 bits per heavy atom. The lowest BCUT2D eigenvalue weighted by molar-refractivity contribution is 1.29. The standard InChI is InChI=1S/C5H5NO2.C2H6.H2/c1-2-3(6)5(8)4(2)7;1-2;/h6H2,1H3;1-2H3;1H. The first-order valence-corrected chi connectivity index (χ1v) is 3.20. The Labute approximate surface area is 60.7 Å². The van der Waals surface area contributed by atoms with Gasteiger partial charge in [-0.25, -0.2) is 0 Å². The predicted molar refractivity (Wildman–Crippen MR) is 44.0 cm³/mol. The Balaban J connectivity index is 0. The first-order valence-electron chi connectivity index (χ1n) is 3.20. The largest absolute Gasteiger partial charge is 0.395 e. The minimum absolute atomic E-state index is 0. The van der Waals surface area contributed by atoms with Gasteiger partial charge in [-0.1, -0.05) is 13.8 Å². The van der Waals surface area contributed by atoms with E-state index in [4.69, 9.17) is 5.73 Å². The van der Waals surface area contributed by atoms with E-state index in [0.29, 0.717) is 5.56 Å². The molecule has 0 aromatic heterocycles. The van der Waals surface area contributed by atoms with Gasteiger partial charge in [-0.05, 0) is 6.92 Å². The van der Waals surface area contributed by atoms with E-state index in [1.165, 1.54) is 0 Å². The highest BCUT2D eigenvalue weighted by Gasteiger charge is 2.11. The van der Waals surface area contributed by atoms with Crippen LogP contribution < -0.4 is 16.6 Å². The molecule has 1 aromatic rings. The molecule has 0 bridgehead atoms. The summed E-state index contributed by atoms with van der Waals surface area (Å²) in [6.07, 6.45) is 0. The van der Waals surface area contributed by atoms with E-state index < -0.39 is 10.9 Å². The fourth-order valence-electron chi connectivity index (χ4n) is 0.523. The van der Waals surface area contributed by atoms with Crippen LogP contribution in [0.3, 0.4) is 0 Å². The van der Waals surface area contributed by atoms with Crippen LogP contribution in [-0.2, 0) is 0 Å². The average molecular weight is 143 g/mol. The molecule has 10 heavy (non-hydrogen) atoms. The monoisotopic (exact) mass is 143 g/mol. The van der Waals surface area contributed by atoms with E-state index >= 15 is 0 Å². The second-order valence-electron chi connectivity index (χ2n) is 1.70. The second-order valence-corrected chi connectivity index (χ2v) is 1.70. The third-order valence-electron chi connectivity index (χ3n) is 1.20. The Kier molecular flexibility index (Phi) is 2.80. The second kappa shape index (κ2) is 3.15. The van der Waals surface area contributed by atoms with Gasteiger partial charge in [-0.2, -0.15) is 0 Å². The molecule has 0 atom stereocenters. The van der Waals surface area contributed by atoms with Crippen LogP contribution in [0, 0.1) is 6.92 Å². The lowest BCUT2D eigenvalue weighted by Gasteiger charge is -1.95. The first kappa shape index (κ1) is 8.88. The molecular weight excluding hydrogens is 130 g/mol. The molecule has 0 aliphatic carbocycles. The van der Waals surface area contributed by atoms with Crippen molar-refractivity contribution in [2.24, 2.45) is 0 Å². The van der Waals surface area contributed by atoms with Gasteiger partial charge in [0.1, 0.15) is 0 Å². The van der Waals surface area contributed by atoms with Gasteiger partial charge in [0.05, 0.1) is 5.69 Å². The van der Waals surface area contributed by atoms with E-state index in [1.807, 2.05) is 13.8 Å². The third-order valence-corrected chi connectivity index (χ3v) is 1.20. The molecule has 3 nitrogen and oxygen atoms in total. The van der Waals surface area contributed by atoms with Crippen LogP contribution in [0.4, 0.5) is 5.69 Å². The Bertz CT molecular complexity index is 256. The van der Waals surface area contributed by atoms with Gasteiger partial charge in [-0.15, -0.1) is 0 Å². The summed E-state index contributed by atoms with van der Waals surface area (Å²) >= 11 is 0. The smallest absolute Gasteiger partial charge is 0.249 e. The molecule has 1 aromatic carbocycles. The summed E-state index contributed by atoms with van der Waals surface area (Å²) < 4.78 is 0. The maximum absolute atomic E-state index is 10.3. The fraction of sp³-hybridized carbons (Fsp3) is 0.429. The van der Waals surface area contributed by atoms with E-state index in [0.717, 1.165) is 0 Å². The summed E-state index contributed by atoms with van der Waals surface area (Å²) in [5, 5.41) is 0. The van der Waals surface area contributed by atoms with Gasteiger partial charge < -0.3 is 5.73 Å². The van der Waals surface area contributed by atoms with Crippen molar-refractivity contribution >= 4 is 5.69 Å². The van der Waals surface area contributed by atoms with Crippen LogP contribution in [0.2, 0.25) is 0 Å². The van der Waals surface area contributed by atoms with Crippen molar-refractivity contribution in [2.45, 2.75) is 20.8 Å². The number of hydrogen-bond donors (Lipinski definition) is 1. The highest BCUT2D eigenvalue weighted by atomic mass is 16.2. The quantitative estimate of drug-likeness (QED) is 0.536. The molecule has 1 rings (SSSR count). The molecule has 0 aliphatic heterocycles. The molecule has 2 N–H and O–H groups in total. The van der Waals surface area contributed by atoms with Crippen molar-refractivity contribution in [3.05, 3.63) is 26.0 Å². The van der Waals surface area contributed by atoms with Crippen LogP contribution in [-0.4, -0.2) is 0 Å². The van der Waals surface area contributed by atoms with Crippen molar-refractivity contribution < 1.29 is 1.43 Å². The number of anilines is 1. The van der Waals surface area contributed by atoms with E-state index in [9.17, 15) is 9.59 Å². The summed E-state index contributed by atoms with van der Waals surface area (Å²) in [5.41, 5.74) is 4.60. The molecule has 58 valence electrons. The number of rotatable bonds is 0. The summed E-state index contributed by atoms with van der Waals surface area (Å²) in [7, 11) is 0. The molecule has 0 fully saturated rings. The van der Waals surface area contributed by atoms with Crippen LogP contribution in [0.15, 0.2) is 9.59 Å². The molecule has 0 unspecified atom stereocenters. The van der Waals surface area contributed by atoms with Gasteiger partial charge in [-0.3, -0.25) is 9.59 Å². The first-order chi connectivity index (χ1) is 4.64. The SMILES string of the molecule is CC.Cc1c(N)c(=O)c1=O.[HH]. The molecule has 0 saturated heterocycles. The summed E-state index contributed by atoms with van der Waals surface area (Å²) in [6, 6.07) is 0. The zero-order valence-corrected chi connectivity index (χ0v) is 6.39. The summed E-state index contributed by atoms with van der Waals surface area (Å²) in [4.78, 5) is 20.5. The lowest BCUT2D eigenvalue weighted by Crippen LogP contribution is -2.36. The van der Waals surface area contributed by atoms with Crippen LogP contribution in [0.25, 0.3) is 0 Å². The normalized spacial score (nSPS) is 8.70. The van der Waals surface area contributed by atoms with Crippen molar-refractivity contribution in [1.82, 2.24) is 0 Å². The van der Waals surface area contributed by atoms with Gasteiger partial charge in [0, 0.05) is 6.99 Å². The molecule has 0 aliphatic rings. The van der Waals surface area contributed by atoms with E-state index in [1.54, 1.807) is 6.92 Å². The van der Waals surface area contributed by atoms with Crippen molar-refractivity contribution in [1.29, 1.82) is 0 Å².